The molecular formula is C21H24ClN3O5S. The van der Waals surface area contributed by atoms with Crippen molar-refractivity contribution in [1.82, 2.24) is 15.1 Å². The van der Waals surface area contributed by atoms with E-state index >= 15 is 0 Å². The number of ether oxygens (including phenoxy) is 1. The maximum atomic E-state index is 12.0. The Morgan fingerprint density at radius 2 is 2.06 bits per heavy atom. The molecule has 1 amide bonds. The second-order valence-electron chi connectivity index (χ2n) is 7.44. The van der Waals surface area contributed by atoms with Gasteiger partial charge in [-0.15, -0.1) is 0 Å². The summed E-state index contributed by atoms with van der Waals surface area (Å²) < 4.78 is 29.6. The fourth-order valence-electron chi connectivity index (χ4n) is 3.41. The van der Waals surface area contributed by atoms with E-state index in [0.717, 1.165) is 22.5 Å². The van der Waals surface area contributed by atoms with Gasteiger partial charge in [0.25, 0.3) is 5.91 Å². The van der Waals surface area contributed by atoms with Gasteiger partial charge in [0.2, 0.25) is 0 Å². The van der Waals surface area contributed by atoms with Gasteiger partial charge in [0.1, 0.15) is 0 Å². The summed E-state index contributed by atoms with van der Waals surface area (Å²) in [6.45, 7) is 3.76. The highest BCUT2D eigenvalue weighted by atomic mass is 35.5. The van der Waals surface area contributed by atoms with Crippen LogP contribution >= 0.6 is 11.6 Å². The maximum absolute atomic E-state index is 12.0. The van der Waals surface area contributed by atoms with Crippen LogP contribution in [0, 0.1) is 13.8 Å². The number of carbonyl (C=O) groups excluding carboxylic acids is 2. The largest absolute Gasteiger partial charge is 0.452 e. The Hall–Kier alpha value is -2.65. The van der Waals surface area contributed by atoms with Crippen molar-refractivity contribution >= 4 is 39.4 Å². The smallest absolute Gasteiger partial charge is 0.331 e. The molecule has 0 saturated carbocycles. The lowest BCUT2D eigenvalue weighted by atomic mass is 10.1. The standard InChI is InChI=1S/C21H24ClN3O5S/c1-14-18(15(2)25(24-14)11-16-5-3-4-6-19(16)22)7-8-21(27)30-12-20(26)23-17-9-10-31(28,29)13-17/h3-8,17H,9-13H2,1-2H3,(H,23,26)/b8-7+. The van der Waals surface area contributed by atoms with Gasteiger partial charge in [-0.25, -0.2) is 13.2 Å². The van der Waals surface area contributed by atoms with E-state index in [-0.39, 0.29) is 11.5 Å². The predicted molar refractivity (Wildman–Crippen MR) is 117 cm³/mol. The molecule has 0 bridgehead atoms. The summed E-state index contributed by atoms with van der Waals surface area (Å²) in [5, 5.41) is 7.74. The van der Waals surface area contributed by atoms with Crippen molar-refractivity contribution in [2.45, 2.75) is 32.9 Å². The molecule has 0 aliphatic carbocycles. The molecule has 1 aromatic carbocycles. The number of esters is 1. The van der Waals surface area contributed by atoms with Crippen LogP contribution in [0.15, 0.2) is 30.3 Å². The number of nitrogens with zero attached hydrogens (tertiary/aromatic N) is 2. The van der Waals surface area contributed by atoms with Crippen molar-refractivity contribution in [1.29, 1.82) is 0 Å². The Morgan fingerprint density at radius 3 is 2.74 bits per heavy atom. The van der Waals surface area contributed by atoms with Crippen molar-refractivity contribution in [3.8, 4) is 0 Å². The second-order valence-corrected chi connectivity index (χ2v) is 10.1. The highest BCUT2D eigenvalue weighted by molar-refractivity contribution is 7.91. The normalized spacial score (nSPS) is 17.7. The summed E-state index contributed by atoms with van der Waals surface area (Å²) in [4.78, 5) is 23.9. The molecule has 1 atom stereocenters. The number of rotatable bonds is 7. The summed E-state index contributed by atoms with van der Waals surface area (Å²) in [6, 6.07) is 7.09. The van der Waals surface area contributed by atoms with Gasteiger partial charge in [-0.05, 0) is 38.0 Å². The lowest BCUT2D eigenvalue weighted by Crippen LogP contribution is -2.38. The van der Waals surface area contributed by atoms with Crippen LogP contribution in [0.2, 0.25) is 5.02 Å². The fourth-order valence-corrected chi connectivity index (χ4v) is 5.28. The molecule has 1 saturated heterocycles. The first kappa shape index (κ1) is 23.0. The predicted octanol–water partition coefficient (Wildman–Crippen LogP) is 2.06. The summed E-state index contributed by atoms with van der Waals surface area (Å²) >= 11 is 6.22. The monoisotopic (exact) mass is 465 g/mol. The first-order chi connectivity index (χ1) is 14.6. The number of amides is 1. The minimum atomic E-state index is -3.09. The molecule has 10 heteroatoms. The van der Waals surface area contributed by atoms with E-state index in [9.17, 15) is 18.0 Å². The fraction of sp³-hybridized carbons (Fsp3) is 0.381. The number of benzene rings is 1. The SMILES string of the molecule is Cc1nn(Cc2ccccc2Cl)c(C)c1/C=C/C(=O)OCC(=O)NC1CCS(=O)(=O)C1. The number of sulfone groups is 1. The third-order valence-electron chi connectivity index (χ3n) is 5.04. The first-order valence-electron chi connectivity index (χ1n) is 9.76. The average molecular weight is 466 g/mol. The molecule has 1 aliphatic heterocycles. The van der Waals surface area contributed by atoms with E-state index in [4.69, 9.17) is 16.3 Å². The zero-order chi connectivity index (χ0) is 22.6. The van der Waals surface area contributed by atoms with Gasteiger partial charge in [-0.3, -0.25) is 9.48 Å². The summed E-state index contributed by atoms with van der Waals surface area (Å²) in [7, 11) is -3.09. The molecule has 1 aliphatic rings. The van der Waals surface area contributed by atoms with Crippen LogP contribution in [0.1, 0.15) is 28.9 Å². The first-order valence-corrected chi connectivity index (χ1v) is 12.0. The van der Waals surface area contributed by atoms with Crippen LogP contribution in [0.5, 0.6) is 0 Å². The quantitative estimate of drug-likeness (QED) is 0.495. The van der Waals surface area contributed by atoms with Gasteiger partial charge >= 0.3 is 5.97 Å². The van der Waals surface area contributed by atoms with Crippen molar-refractivity contribution in [3.63, 3.8) is 0 Å². The van der Waals surface area contributed by atoms with Crippen molar-refractivity contribution in [3.05, 3.63) is 57.9 Å². The molecule has 0 spiro atoms. The van der Waals surface area contributed by atoms with Gasteiger partial charge in [-0.2, -0.15) is 5.10 Å². The molecule has 1 aromatic heterocycles. The number of aromatic nitrogens is 2. The maximum Gasteiger partial charge on any atom is 0.331 e. The third-order valence-corrected chi connectivity index (χ3v) is 7.18. The lowest BCUT2D eigenvalue weighted by Gasteiger charge is -2.10. The highest BCUT2D eigenvalue weighted by Crippen LogP contribution is 2.20. The van der Waals surface area contributed by atoms with E-state index in [2.05, 4.69) is 10.4 Å². The molecule has 8 nitrogen and oxygen atoms in total. The summed E-state index contributed by atoms with van der Waals surface area (Å²) in [6.07, 6.45) is 3.22. The second kappa shape index (κ2) is 9.65. The van der Waals surface area contributed by atoms with Crippen LogP contribution in [0.3, 0.4) is 0 Å². The highest BCUT2D eigenvalue weighted by Gasteiger charge is 2.29. The third kappa shape index (κ3) is 6.18. The van der Waals surface area contributed by atoms with E-state index in [1.807, 2.05) is 42.8 Å². The number of hydrogen-bond acceptors (Lipinski definition) is 6. The van der Waals surface area contributed by atoms with Gasteiger partial charge in [0, 0.05) is 28.4 Å². The molecule has 1 fully saturated rings. The Kier molecular flexibility index (Phi) is 7.17. The van der Waals surface area contributed by atoms with Gasteiger partial charge in [0.05, 0.1) is 23.7 Å². The molecule has 2 aromatic rings. The van der Waals surface area contributed by atoms with Gasteiger partial charge in [0.15, 0.2) is 16.4 Å². The van der Waals surface area contributed by atoms with Crippen LogP contribution < -0.4 is 5.32 Å². The van der Waals surface area contributed by atoms with Crippen LogP contribution in [0.4, 0.5) is 0 Å². The molecule has 3 rings (SSSR count). The number of nitrogens with one attached hydrogen (secondary N) is 1. The topological polar surface area (TPSA) is 107 Å². The molecule has 1 N–H and O–H groups in total. The Morgan fingerprint density at radius 1 is 1.32 bits per heavy atom. The van der Waals surface area contributed by atoms with E-state index in [1.165, 1.54) is 6.08 Å². The number of hydrogen-bond donors (Lipinski definition) is 1. The lowest BCUT2D eigenvalue weighted by molar-refractivity contribution is -0.143. The van der Waals surface area contributed by atoms with Crippen LogP contribution in [0.25, 0.3) is 6.08 Å². The summed E-state index contributed by atoms with van der Waals surface area (Å²) in [5.74, 6) is -1.22. The van der Waals surface area contributed by atoms with Crippen molar-refractivity contribution < 1.29 is 22.7 Å². The zero-order valence-corrected chi connectivity index (χ0v) is 18.9. The van der Waals surface area contributed by atoms with E-state index in [1.54, 1.807) is 6.08 Å². The molecule has 1 unspecified atom stereocenters. The van der Waals surface area contributed by atoms with Gasteiger partial charge in [-0.1, -0.05) is 29.8 Å². The van der Waals surface area contributed by atoms with E-state index < -0.39 is 34.4 Å². The zero-order valence-electron chi connectivity index (χ0n) is 17.3. The molecule has 166 valence electrons. The number of halogens is 1. The minimum absolute atomic E-state index is 0.0589. The number of aryl methyl sites for hydroxylation is 1. The van der Waals surface area contributed by atoms with E-state index in [0.29, 0.717) is 18.0 Å². The Balaban J connectivity index is 1.55. The van der Waals surface area contributed by atoms with Crippen LogP contribution in [-0.2, 0) is 30.7 Å². The molecular weight excluding hydrogens is 442 g/mol. The number of carbonyl (C=O) groups is 2. The molecule has 0 radical (unpaired) electrons. The van der Waals surface area contributed by atoms with Crippen molar-refractivity contribution in [2.75, 3.05) is 18.1 Å². The van der Waals surface area contributed by atoms with Crippen molar-refractivity contribution in [2.24, 2.45) is 0 Å². The molecule has 2 heterocycles. The Bertz CT molecular complexity index is 1120. The summed E-state index contributed by atoms with van der Waals surface area (Å²) in [5.41, 5.74) is 3.32. The van der Waals surface area contributed by atoms with Gasteiger partial charge < -0.3 is 10.1 Å². The minimum Gasteiger partial charge on any atom is -0.452 e. The average Bonchev–Trinajstić information content (AvgIpc) is 3.18. The Labute approximate surface area is 186 Å². The van der Waals surface area contributed by atoms with Crippen LogP contribution in [-0.4, -0.2) is 54.2 Å². The molecule has 31 heavy (non-hydrogen) atoms.